The van der Waals surface area contributed by atoms with E-state index in [1.54, 1.807) is 6.92 Å². The first-order chi connectivity index (χ1) is 11.0. The molecule has 0 fully saturated rings. The second-order valence-corrected chi connectivity index (χ2v) is 6.07. The third-order valence-corrected chi connectivity index (χ3v) is 3.50. The highest BCUT2D eigenvalue weighted by atomic mass is 16.6. The van der Waals surface area contributed by atoms with Crippen molar-refractivity contribution in [1.29, 1.82) is 0 Å². The fourth-order valence-corrected chi connectivity index (χ4v) is 2.15. The molecule has 2 N–H and O–H groups in total. The molecule has 0 radical (unpaired) electrons. The van der Waals surface area contributed by atoms with Gasteiger partial charge in [0.25, 0.3) is 5.91 Å². The Bertz CT molecular complexity index is 584. The zero-order valence-electron chi connectivity index (χ0n) is 13.7. The van der Waals surface area contributed by atoms with Gasteiger partial charge in [0.2, 0.25) is 12.0 Å². The summed E-state index contributed by atoms with van der Waals surface area (Å²) in [7, 11) is 0. The monoisotopic (exact) mass is 317 g/mol. The molecule has 0 aliphatic carbocycles. The standard InChI is InChI=1S/C17H23N3O3/c1-11(2)10-18-16(21)12(3)19-17(22)15-9-14(20-23-15)13-7-5-4-6-8-13/h4-8,11-12,15H,9-10H2,1-3H3,(H,18,21)(H,19,22)/t12-,15-/m0/s1. The van der Waals surface area contributed by atoms with E-state index in [1.807, 2.05) is 44.2 Å². The van der Waals surface area contributed by atoms with E-state index in [-0.39, 0.29) is 11.8 Å². The Morgan fingerprint density at radius 2 is 1.96 bits per heavy atom. The van der Waals surface area contributed by atoms with E-state index in [2.05, 4.69) is 15.8 Å². The molecule has 0 bridgehead atoms. The van der Waals surface area contributed by atoms with Crippen LogP contribution in [0.1, 0.15) is 32.8 Å². The van der Waals surface area contributed by atoms with Crippen molar-refractivity contribution in [2.24, 2.45) is 11.1 Å². The predicted molar refractivity (Wildman–Crippen MR) is 87.9 cm³/mol. The Hall–Kier alpha value is -2.37. The topological polar surface area (TPSA) is 79.8 Å². The number of hydrogen-bond donors (Lipinski definition) is 2. The van der Waals surface area contributed by atoms with Gasteiger partial charge in [-0.25, -0.2) is 0 Å². The van der Waals surface area contributed by atoms with Gasteiger partial charge in [-0.3, -0.25) is 9.59 Å². The minimum absolute atomic E-state index is 0.200. The largest absolute Gasteiger partial charge is 0.382 e. The van der Waals surface area contributed by atoms with Gasteiger partial charge < -0.3 is 15.5 Å². The molecule has 2 atom stereocenters. The summed E-state index contributed by atoms with van der Waals surface area (Å²) in [5.41, 5.74) is 1.67. The van der Waals surface area contributed by atoms with Crippen molar-refractivity contribution >= 4 is 17.5 Å². The Balaban J connectivity index is 1.82. The molecule has 0 aromatic heterocycles. The number of nitrogens with zero attached hydrogens (tertiary/aromatic N) is 1. The molecule has 0 saturated heterocycles. The van der Waals surface area contributed by atoms with Gasteiger partial charge >= 0.3 is 0 Å². The molecular weight excluding hydrogens is 294 g/mol. The van der Waals surface area contributed by atoms with Crippen molar-refractivity contribution in [1.82, 2.24) is 10.6 Å². The van der Waals surface area contributed by atoms with Crippen molar-refractivity contribution in [3.63, 3.8) is 0 Å². The average Bonchev–Trinajstić information content (AvgIpc) is 3.03. The van der Waals surface area contributed by atoms with Crippen molar-refractivity contribution < 1.29 is 14.4 Å². The smallest absolute Gasteiger partial charge is 0.264 e. The van der Waals surface area contributed by atoms with Gasteiger partial charge in [-0.05, 0) is 18.4 Å². The minimum Gasteiger partial charge on any atom is -0.382 e. The molecule has 124 valence electrons. The Kier molecular flexibility index (Phi) is 5.73. The van der Waals surface area contributed by atoms with Gasteiger partial charge in [-0.1, -0.05) is 49.3 Å². The zero-order chi connectivity index (χ0) is 16.8. The number of nitrogens with one attached hydrogen (secondary N) is 2. The summed E-state index contributed by atoms with van der Waals surface area (Å²) in [6.07, 6.45) is -0.290. The average molecular weight is 317 g/mol. The molecule has 23 heavy (non-hydrogen) atoms. The predicted octanol–water partition coefficient (Wildman–Crippen LogP) is 1.46. The van der Waals surface area contributed by atoms with E-state index < -0.39 is 12.1 Å². The lowest BCUT2D eigenvalue weighted by Gasteiger charge is -2.16. The van der Waals surface area contributed by atoms with Crippen LogP contribution in [0.15, 0.2) is 35.5 Å². The summed E-state index contributed by atoms with van der Waals surface area (Å²) in [6, 6.07) is 8.97. The van der Waals surface area contributed by atoms with E-state index in [9.17, 15) is 9.59 Å². The highest BCUT2D eigenvalue weighted by Gasteiger charge is 2.30. The molecule has 1 aliphatic rings. The maximum atomic E-state index is 12.2. The second-order valence-electron chi connectivity index (χ2n) is 6.07. The number of rotatable bonds is 6. The maximum Gasteiger partial charge on any atom is 0.264 e. The lowest BCUT2D eigenvalue weighted by molar-refractivity contribution is -0.135. The summed E-state index contributed by atoms with van der Waals surface area (Å²) in [4.78, 5) is 29.3. The van der Waals surface area contributed by atoms with Crippen LogP contribution in [0, 0.1) is 5.92 Å². The summed E-state index contributed by atoms with van der Waals surface area (Å²) >= 11 is 0. The first-order valence-corrected chi connectivity index (χ1v) is 7.83. The van der Waals surface area contributed by atoms with Crippen LogP contribution in [0.2, 0.25) is 0 Å². The molecule has 1 aromatic rings. The van der Waals surface area contributed by atoms with Gasteiger partial charge in [0, 0.05) is 13.0 Å². The first-order valence-electron chi connectivity index (χ1n) is 7.83. The molecule has 0 unspecified atom stereocenters. The second kappa shape index (κ2) is 7.76. The normalized spacial score (nSPS) is 18.1. The molecule has 6 heteroatoms. The van der Waals surface area contributed by atoms with E-state index in [4.69, 9.17) is 4.84 Å². The molecule has 0 saturated carbocycles. The quantitative estimate of drug-likeness (QED) is 0.833. The van der Waals surface area contributed by atoms with Gasteiger partial charge in [0.15, 0.2) is 0 Å². The molecule has 6 nitrogen and oxygen atoms in total. The molecule has 1 heterocycles. The first kappa shape index (κ1) is 17.0. The number of hydrogen-bond acceptors (Lipinski definition) is 4. The third-order valence-electron chi connectivity index (χ3n) is 3.50. The summed E-state index contributed by atoms with van der Waals surface area (Å²) < 4.78 is 0. The molecule has 0 spiro atoms. The van der Waals surface area contributed by atoms with Gasteiger partial charge in [-0.15, -0.1) is 0 Å². The Morgan fingerprint density at radius 3 is 2.61 bits per heavy atom. The molecule has 2 rings (SSSR count). The lowest BCUT2D eigenvalue weighted by Crippen LogP contribution is -2.48. The van der Waals surface area contributed by atoms with Crippen molar-refractivity contribution in [2.45, 2.75) is 39.3 Å². The number of amides is 2. The molecule has 1 aromatic carbocycles. The van der Waals surface area contributed by atoms with Crippen LogP contribution in [0.5, 0.6) is 0 Å². The number of carbonyl (C=O) groups excluding carboxylic acids is 2. The van der Waals surface area contributed by atoms with Gasteiger partial charge in [0.05, 0.1) is 5.71 Å². The van der Waals surface area contributed by atoms with Gasteiger partial charge in [-0.2, -0.15) is 0 Å². The summed E-state index contributed by atoms with van der Waals surface area (Å²) in [5, 5.41) is 9.43. The van der Waals surface area contributed by atoms with Crippen LogP contribution >= 0.6 is 0 Å². The van der Waals surface area contributed by atoms with Crippen LogP contribution in [0.25, 0.3) is 0 Å². The van der Waals surface area contributed by atoms with E-state index in [0.717, 1.165) is 11.3 Å². The third kappa shape index (κ3) is 4.81. The number of carbonyl (C=O) groups is 2. The fraction of sp³-hybridized carbons (Fsp3) is 0.471. The van der Waals surface area contributed by atoms with E-state index in [1.165, 1.54) is 0 Å². The molecule has 1 aliphatic heterocycles. The van der Waals surface area contributed by atoms with E-state index >= 15 is 0 Å². The maximum absolute atomic E-state index is 12.2. The minimum atomic E-state index is -0.689. The fourth-order valence-electron chi connectivity index (χ4n) is 2.15. The zero-order valence-corrected chi connectivity index (χ0v) is 13.7. The molecular formula is C17H23N3O3. The van der Waals surface area contributed by atoms with Crippen molar-refractivity contribution in [3.8, 4) is 0 Å². The van der Waals surface area contributed by atoms with Crippen LogP contribution in [0.3, 0.4) is 0 Å². The van der Waals surface area contributed by atoms with Crippen molar-refractivity contribution in [3.05, 3.63) is 35.9 Å². The van der Waals surface area contributed by atoms with Crippen molar-refractivity contribution in [2.75, 3.05) is 6.54 Å². The molecule has 2 amide bonds. The summed E-state index contributed by atoms with van der Waals surface area (Å²) in [6.45, 7) is 6.26. The SMILES string of the molecule is CC(C)CNC(=O)[C@H](C)NC(=O)[C@@H]1CC(c2ccccc2)=NO1. The van der Waals surface area contributed by atoms with Crippen LogP contribution in [-0.4, -0.2) is 36.2 Å². The van der Waals surface area contributed by atoms with E-state index in [0.29, 0.717) is 18.9 Å². The van der Waals surface area contributed by atoms with Gasteiger partial charge in [0.1, 0.15) is 6.04 Å². The van der Waals surface area contributed by atoms with Crippen LogP contribution < -0.4 is 10.6 Å². The lowest BCUT2D eigenvalue weighted by atomic mass is 10.0. The summed E-state index contributed by atoms with van der Waals surface area (Å²) in [5.74, 6) is -0.164. The Morgan fingerprint density at radius 1 is 1.26 bits per heavy atom. The van der Waals surface area contributed by atoms with Crippen LogP contribution in [-0.2, 0) is 14.4 Å². The number of benzene rings is 1. The Labute approximate surface area is 136 Å². The number of oxime groups is 1. The highest BCUT2D eigenvalue weighted by molar-refractivity contribution is 6.04. The van der Waals surface area contributed by atoms with Crippen LogP contribution in [0.4, 0.5) is 0 Å². The highest BCUT2D eigenvalue weighted by Crippen LogP contribution is 2.16.